The van der Waals surface area contributed by atoms with Crippen molar-refractivity contribution in [1.29, 1.82) is 0 Å². The van der Waals surface area contributed by atoms with Gasteiger partial charge in [-0.25, -0.2) is 9.59 Å². The van der Waals surface area contributed by atoms with E-state index in [9.17, 15) is 19.5 Å². The molecule has 178 valence electrons. The van der Waals surface area contributed by atoms with Crippen LogP contribution in [0.5, 0.6) is 0 Å². The lowest BCUT2D eigenvalue weighted by molar-refractivity contribution is -0.139. The van der Waals surface area contributed by atoms with E-state index in [2.05, 4.69) is 32.1 Å². The van der Waals surface area contributed by atoms with Gasteiger partial charge < -0.3 is 20.5 Å². The molecular weight excluding hydrogens is 408 g/mol. The van der Waals surface area contributed by atoms with Gasteiger partial charge in [0.05, 0.1) is 12.7 Å². The molecule has 12 nitrogen and oxygen atoms in total. The smallest absolute Gasteiger partial charge is 0.407 e. The summed E-state index contributed by atoms with van der Waals surface area (Å²) in [4.78, 5) is 40.8. The highest BCUT2D eigenvalue weighted by Crippen LogP contribution is 2.16. The molecule has 0 saturated carbocycles. The Morgan fingerprint density at radius 1 is 1.19 bits per heavy atom. The van der Waals surface area contributed by atoms with Crippen LogP contribution in [0.3, 0.4) is 0 Å². The number of carboxylic acid groups (broad SMARTS) is 1. The monoisotopic (exact) mass is 444 g/mol. The molecule has 2 amide bonds. The molecule has 0 aromatic heterocycles. The highest BCUT2D eigenvalue weighted by Gasteiger charge is 2.31. The second-order valence-corrected chi connectivity index (χ2v) is 7.71. The molecule has 0 bridgehead atoms. The predicted molar refractivity (Wildman–Crippen MR) is 112 cm³/mol. The molecule has 0 aromatic carbocycles. The average Bonchev–Trinajstić information content (AvgIpc) is 3.43. The van der Waals surface area contributed by atoms with Crippen LogP contribution in [0.4, 0.5) is 4.79 Å². The molecule has 31 heavy (non-hydrogen) atoms. The third-order valence-electron chi connectivity index (χ3n) is 5.12. The van der Waals surface area contributed by atoms with Crippen molar-refractivity contribution in [3.8, 4) is 0 Å². The van der Waals surface area contributed by atoms with Crippen LogP contribution in [0.1, 0.15) is 45.4 Å². The first-order valence-electron chi connectivity index (χ1n) is 11.0. The lowest BCUT2D eigenvalue weighted by Gasteiger charge is -2.16. The van der Waals surface area contributed by atoms with Gasteiger partial charge in [-0.05, 0) is 32.2 Å². The molecule has 2 saturated heterocycles. The maximum atomic E-state index is 12.3. The Labute approximate surface area is 182 Å². The minimum absolute atomic E-state index is 0.0691. The molecule has 2 rings (SSSR count). The second-order valence-electron chi connectivity index (χ2n) is 7.71. The van der Waals surface area contributed by atoms with Gasteiger partial charge >= 0.3 is 12.1 Å². The van der Waals surface area contributed by atoms with E-state index < -0.39 is 24.1 Å². The number of alkyl carbamates (subject to hydrolysis) is 1. The largest absolute Gasteiger partial charge is 0.480 e. The Bertz CT molecular complexity index is 574. The molecule has 0 aliphatic carbocycles. The lowest BCUT2D eigenvalue weighted by atomic mass is 10.1. The molecule has 3 atom stereocenters. The summed E-state index contributed by atoms with van der Waals surface area (Å²) in [7, 11) is 0. The summed E-state index contributed by atoms with van der Waals surface area (Å²) < 4.78 is 4.90. The number of amides is 2. The summed E-state index contributed by atoms with van der Waals surface area (Å²) >= 11 is 0. The highest BCUT2D eigenvalue weighted by molar-refractivity contribution is 5.84. The number of unbranched alkanes of at least 4 members (excludes halogenated alkanes) is 2. The maximum absolute atomic E-state index is 12.3. The second kappa shape index (κ2) is 14.1. The van der Waals surface area contributed by atoms with Crippen molar-refractivity contribution >= 4 is 18.0 Å². The number of aliphatic carboxylic acids is 1. The Kier molecular flexibility index (Phi) is 11.5. The van der Waals surface area contributed by atoms with Gasteiger partial charge in [-0.15, -0.1) is 0 Å². The molecule has 2 aliphatic rings. The molecule has 0 radical (unpaired) electrons. The summed E-state index contributed by atoms with van der Waals surface area (Å²) in [5, 5.41) is 24.0. The molecule has 12 heteroatoms. The van der Waals surface area contributed by atoms with E-state index in [4.69, 9.17) is 9.57 Å². The van der Waals surface area contributed by atoms with E-state index >= 15 is 0 Å². The Hall–Kier alpha value is -1.99. The van der Waals surface area contributed by atoms with E-state index in [1.807, 2.05) is 6.92 Å². The van der Waals surface area contributed by atoms with Crippen LogP contribution < -0.4 is 32.1 Å². The van der Waals surface area contributed by atoms with Gasteiger partial charge in [0, 0.05) is 26.1 Å². The standard InChI is InChI=1S/C19H36N6O6/c1-2-3-10-30-19(29)24-15(17(27)28)12-23-16(26)14-11-13(31-25-14)6-4-5-7-20-18-21-8-9-22-18/h13-15,18,20-22,25H,2-12H2,1H3,(H,23,26)(H,24,29)(H,27,28). The molecule has 2 fully saturated rings. The minimum Gasteiger partial charge on any atom is -0.480 e. The Morgan fingerprint density at radius 3 is 2.68 bits per heavy atom. The fraction of sp³-hybridized carbons (Fsp3) is 0.842. The molecule has 2 aliphatic heterocycles. The molecule has 2 heterocycles. The number of hydroxylamine groups is 1. The van der Waals surface area contributed by atoms with E-state index in [-0.39, 0.29) is 31.5 Å². The molecule has 7 N–H and O–H groups in total. The fourth-order valence-electron chi connectivity index (χ4n) is 3.29. The van der Waals surface area contributed by atoms with E-state index in [1.54, 1.807) is 0 Å². The SMILES string of the molecule is CCCCOC(=O)NC(CNC(=O)C1CC(CCCCNC2NCCN2)ON1)C(=O)O. The third-order valence-corrected chi connectivity index (χ3v) is 5.12. The summed E-state index contributed by atoms with van der Waals surface area (Å²) in [6.45, 7) is 4.75. The highest BCUT2D eigenvalue weighted by atomic mass is 16.7. The summed E-state index contributed by atoms with van der Waals surface area (Å²) in [6, 6.07) is -1.83. The van der Waals surface area contributed by atoms with Crippen molar-refractivity contribution in [2.75, 3.05) is 32.8 Å². The zero-order valence-electron chi connectivity index (χ0n) is 18.1. The van der Waals surface area contributed by atoms with Crippen molar-refractivity contribution in [3.05, 3.63) is 0 Å². The number of ether oxygens (including phenoxy) is 1. The number of carbonyl (C=O) groups is 3. The van der Waals surface area contributed by atoms with Crippen molar-refractivity contribution in [3.63, 3.8) is 0 Å². The van der Waals surface area contributed by atoms with Crippen LogP contribution >= 0.6 is 0 Å². The predicted octanol–water partition coefficient (Wildman–Crippen LogP) is -1.02. The van der Waals surface area contributed by atoms with Gasteiger partial charge in [-0.2, -0.15) is 5.48 Å². The van der Waals surface area contributed by atoms with Crippen molar-refractivity contribution in [2.24, 2.45) is 0 Å². The molecule has 0 aromatic rings. The van der Waals surface area contributed by atoms with Gasteiger partial charge in [-0.1, -0.05) is 13.3 Å². The first-order chi connectivity index (χ1) is 15.0. The van der Waals surface area contributed by atoms with E-state index in [0.717, 1.165) is 45.3 Å². The van der Waals surface area contributed by atoms with Crippen LogP contribution in [0.25, 0.3) is 0 Å². The normalized spacial score (nSPS) is 22.2. The lowest BCUT2D eigenvalue weighted by Crippen LogP contribution is -2.51. The van der Waals surface area contributed by atoms with Crippen LogP contribution in [0.15, 0.2) is 0 Å². The average molecular weight is 445 g/mol. The summed E-state index contributed by atoms with van der Waals surface area (Å²) in [5.74, 6) is -1.62. The number of hydrogen-bond donors (Lipinski definition) is 7. The molecular formula is C19H36N6O6. The zero-order chi connectivity index (χ0) is 22.5. The van der Waals surface area contributed by atoms with Crippen LogP contribution in [0, 0.1) is 0 Å². The summed E-state index contributed by atoms with van der Waals surface area (Å²) in [5.41, 5.74) is 2.71. The minimum atomic E-state index is -1.27. The van der Waals surface area contributed by atoms with Gasteiger partial charge in [-0.3, -0.25) is 25.6 Å². The first-order valence-corrected chi connectivity index (χ1v) is 11.0. The zero-order valence-corrected chi connectivity index (χ0v) is 18.1. The van der Waals surface area contributed by atoms with Crippen molar-refractivity contribution < 1.29 is 29.1 Å². The number of carbonyl (C=O) groups excluding carboxylic acids is 2. The van der Waals surface area contributed by atoms with Crippen molar-refractivity contribution in [2.45, 2.75) is 69.9 Å². The first kappa shape index (κ1) is 25.3. The Balaban J connectivity index is 1.59. The fourth-order valence-corrected chi connectivity index (χ4v) is 3.29. The van der Waals surface area contributed by atoms with E-state index in [0.29, 0.717) is 12.8 Å². The van der Waals surface area contributed by atoms with Crippen LogP contribution in [-0.4, -0.2) is 80.3 Å². The topological polar surface area (TPSA) is 162 Å². The van der Waals surface area contributed by atoms with Gasteiger partial charge in [0.25, 0.3) is 0 Å². The number of rotatable bonds is 14. The van der Waals surface area contributed by atoms with E-state index in [1.165, 1.54) is 0 Å². The van der Waals surface area contributed by atoms with Crippen LogP contribution in [-0.2, 0) is 19.2 Å². The Morgan fingerprint density at radius 2 is 1.97 bits per heavy atom. The quantitative estimate of drug-likeness (QED) is 0.165. The van der Waals surface area contributed by atoms with Gasteiger partial charge in [0.1, 0.15) is 18.4 Å². The third kappa shape index (κ3) is 9.78. The number of carboxylic acids is 1. The number of nitrogens with one attached hydrogen (secondary N) is 6. The van der Waals surface area contributed by atoms with Gasteiger partial charge in [0.15, 0.2) is 0 Å². The summed E-state index contributed by atoms with van der Waals surface area (Å²) in [6.07, 6.45) is 4.15. The number of hydrogen-bond acceptors (Lipinski definition) is 9. The van der Waals surface area contributed by atoms with Gasteiger partial charge in [0.2, 0.25) is 5.91 Å². The molecule has 3 unspecified atom stereocenters. The van der Waals surface area contributed by atoms with Crippen LogP contribution in [0.2, 0.25) is 0 Å². The molecule has 0 spiro atoms. The van der Waals surface area contributed by atoms with Crippen molar-refractivity contribution in [1.82, 2.24) is 32.1 Å². The maximum Gasteiger partial charge on any atom is 0.407 e.